The zero-order valence-electron chi connectivity index (χ0n) is 14.5. The summed E-state index contributed by atoms with van der Waals surface area (Å²) in [6, 6.07) is 4.21. The molecule has 1 fully saturated rings. The van der Waals surface area contributed by atoms with Crippen LogP contribution in [0.3, 0.4) is 0 Å². The molecule has 0 aromatic carbocycles. The fourth-order valence-electron chi connectivity index (χ4n) is 2.32. The minimum Gasteiger partial charge on any atom is -0.357 e. The Hall–Kier alpha value is -1.05. The highest BCUT2D eigenvalue weighted by Crippen LogP contribution is 2.27. The Morgan fingerprint density at radius 2 is 1.96 bits per heavy atom. The van der Waals surface area contributed by atoms with E-state index in [1.165, 1.54) is 12.8 Å². The summed E-state index contributed by atoms with van der Waals surface area (Å²) in [5.41, 5.74) is 1.14. The van der Waals surface area contributed by atoms with Crippen LogP contribution in [0.15, 0.2) is 23.3 Å². The highest BCUT2D eigenvalue weighted by molar-refractivity contribution is 14.0. The van der Waals surface area contributed by atoms with Gasteiger partial charge < -0.3 is 15.5 Å². The molecule has 1 saturated carbocycles. The first-order chi connectivity index (χ1) is 10.8. The van der Waals surface area contributed by atoms with Crippen LogP contribution in [0.25, 0.3) is 0 Å². The third kappa shape index (κ3) is 6.93. The lowest BCUT2D eigenvalue weighted by Gasteiger charge is -2.19. The molecule has 1 heterocycles. The van der Waals surface area contributed by atoms with Crippen LogP contribution in [0.2, 0.25) is 0 Å². The number of halogens is 1. The van der Waals surface area contributed by atoms with Crippen molar-refractivity contribution in [2.75, 3.05) is 31.1 Å². The molecule has 1 aliphatic rings. The number of guanidine groups is 1. The van der Waals surface area contributed by atoms with Gasteiger partial charge in [-0.2, -0.15) is 0 Å². The highest BCUT2D eigenvalue weighted by Gasteiger charge is 2.20. The topological polar surface area (TPSA) is 52.6 Å². The second kappa shape index (κ2) is 10.7. The third-order valence-corrected chi connectivity index (χ3v) is 3.92. The summed E-state index contributed by atoms with van der Waals surface area (Å²) in [5, 5.41) is 6.71. The predicted octanol–water partition coefficient (Wildman–Crippen LogP) is 3.01. The Bertz CT molecular complexity index is 466. The molecule has 1 aliphatic carbocycles. The molecule has 5 nitrogen and oxygen atoms in total. The maximum atomic E-state index is 4.64. The highest BCUT2D eigenvalue weighted by atomic mass is 127. The second-order valence-corrected chi connectivity index (χ2v) is 5.72. The van der Waals surface area contributed by atoms with Crippen LogP contribution >= 0.6 is 24.0 Å². The molecule has 1 aromatic heterocycles. The fourth-order valence-corrected chi connectivity index (χ4v) is 2.32. The van der Waals surface area contributed by atoms with Gasteiger partial charge in [0.15, 0.2) is 5.96 Å². The molecule has 6 heteroatoms. The van der Waals surface area contributed by atoms with Crippen LogP contribution in [-0.4, -0.2) is 37.1 Å². The van der Waals surface area contributed by atoms with Gasteiger partial charge in [-0.1, -0.05) is 6.07 Å². The molecule has 0 saturated heterocycles. The van der Waals surface area contributed by atoms with E-state index < -0.39 is 0 Å². The lowest BCUT2D eigenvalue weighted by atomic mass is 10.3. The summed E-state index contributed by atoms with van der Waals surface area (Å²) >= 11 is 0. The van der Waals surface area contributed by atoms with E-state index in [-0.39, 0.29) is 24.0 Å². The predicted molar refractivity (Wildman–Crippen MR) is 109 cm³/mol. The molecule has 2 rings (SSSR count). The van der Waals surface area contributed by atoms with Gasteiger partial charge in [-0.25, -0.2) is 9.98 Å². The monoisotopic (exact) mass is 431 g/mol. The number of pyridine rings is 1. The number of rotatable bonds is 8. The van der Waals surface area contributed by atoms with E-state index in [1.807, 2.05) is 6.20 Å². The largest absolute Gasteiger partial charge is 0.357 e. The third-order valence-electron chi connectivity index (χ3n) is 3.92. The van der Waals surface area contributed by atoms with Crippen LogP contribution in [-0.2, 0) is 6.54 Å². The summed E-state index contributed by atoms with van der Waals surface area (Å²) in [5.74, 6) is 2.79. The Kier molecular flexibility index (Phi) is 9.28. The summed E-state index contributed by atoms with van der Waals surface area (Å²) in [6.07, 6.45) is 4.63. The molecule has 23 heavy (non-hydrogen) atoms. The Morgan fingerprint density at radius 3 is 2.48 bits per heavy atom. The first-order valence-corrected chi connectivity index (χ1v) is 8.48. The molecule has 1 aromatic rings. The first kappa shape index (κ1) is 20.0. The number of anilines is 1. The molecule has 2 N–H and O–H groups in total. The van der Waals surface area contributed by atoms with Crippen molar-refractivity contribution in [3.05, 3.63) is 23.9 Å². The van der Waals surface area contributed by atoms with Gasteiger partial charge in [-0.3, -0.25) is 0 Å². The molecule has 0 bridgehead atoms. The van der Waals surface area contributed by atoms with Crippen LogP contribution in [0.1, 0.15) is 39.2 Å². The molecule has 130 valence electrons. The minimum atomic E-state index is 0. The van der Waals surface area contributed by atoms with Crippen molar-refractivity contribution in [3.63, 3.8) is 0 Å². The number of aromatic nitrogens is 1. The molecular weight excluding hydrogens is 401 g/mol. The molecule has 0 unspecified atom stereocenters. The zero-order chi connectivity index (χ0) is 15.8. The van der Waals surface area contributed by atoms with E-state index in [4.69, 9.17) is 0 Å². The van der Waals surface area contributed by atoms with Crippen molar-refractivity contribution < 1.29 is 0 Å². The molecule has 0 amide bonds. The maximum absolute atomic E-state index is 4.64. The second-order valence-electron chi connectivity index (χ2n) is 5.72. The normalized spacial score (nSPS) is 14.1. The average molecular weight is 431 g/mol. The minimum absolute atomic E-state index is 0. The van der Waals surface area contributed by atoms with E-state index in [0.717, 1.165) is 49.4 Å². The molecule has 0 radical (unpaired) electrons. The van der Waals surface area contributed by atoms with Gasteiger partial charge >= 0.3 is 0 Å². The van der Waals surface area contributed by atoms with Crippen molar-refractivity contribution in [3.8, 4) is 0 Å². The maximum Gasteiger partial charge on any atom is 0.191 e. The Balaban J connectivity index is 0.00000264. The SMILES string of the molecule is CCNC(=NCc1ccc(N(CC)CC)nc1)NCC1CC1.I. The van der Waals surface area contributed by atoms with Crippen LogP contribution < -0.4 is 15.5 Å². The first-order valence-electron chi connectivity index (χ1n) is 8.48. The van der Waals surface area contributed by atoms with E-state index in [2.05, 4.69) is 58.4 Å². The number of hydrogen-bond acceptors (Lipinski definition) is 3. The zero-order valence-corrected chi connectivity index (χ0v) is 16.8. The Labute approximate surface area is 157 Å². The summed E-state index contributed by atoms with van der Waals surface area (Å²) in [6.45, 7) is 10.9. The number of nitrogens with one attached hydrogen (secondary N) is 2. The number of nitrogens with zero attached hydrogens (tertiary/aromatic N) is 3. The van der Waals surface area contributed by atoms with Crippen molar-refractivity contribution in [2.45, 2.75) is 40.2 Å². The van der Waals surface area contributed by atoms with Crippen molar-refractivity contribution >= 4 is 35.8 Å². The van der Waals surface area contributed by atoms with Gasteiger partial charge in [0.05, 0.1) is 6.54 Å². The summed E-state index contributed by atoms with van der Waals surface area (Å²) < 4.78 is 0. The van der Waals surface area contributed by atoms with Crippen LogP contribution in [0.5, 0.6) is 0 Å². The molecule has 0 spiro atoms. The molecule has 0 atom stereocenters. The Morgan fingerprint density at radius 1 is 1.22 bits per heavy atom. The van der Waals surface area contributed by atoms with E-state index in [9.17, 15) is 0 Å². The quantitative estimate of drug-likeness (QED) is 0.378. The smallest absolute Gasteiger partial charge is 0.191 e. The lowest BCUT2D eigenvalue weighted by Crippen LogP contribution is -2.38. The van der Waals surface area contributed by atoms with Gasteiger partial charge in [0, 0.05) is 32.4 Å². The van der Waals surface area contributed by atoms with E-state index >= 15 is 0 Å². The molecule has 0 aliphatic heterocycles. The van der Waals surface area contributed by atoms with Crippen molar-refractivity contribution in [1.29, 1.82) is 0 Å². The van der Waals surface area contributed by atoms with Crippen LogP contribution in [0.4, 0.5) is 5.82 Å². The van der Waals surface area contributed by atoms with Crippen LogP contribution in [0, 0.1) is 5.92 Å². The number of hydrogen-bond donors (Lipinski definition) is 2. The lowest BCUT2D eigenvalue weighted by molar-refractivity contribution is 0.739. The van der Waals surface area contributed by atoms with E-state index in [1.54, 1.807) is 0 Å². The van der Waals surface area contributed by atoms with Gasteiger partial charge in [0.2, 0.25) is 0 Å². The van der Waals surface area contributed by atoms with Crippen molar-refractivity contribution in [1.82, 2.24) is 15.6 Å². The standard InChI is InChI=1S/C17H29N5.HI/c1-4-18-17(20-11-14-7-8-14)21-13-15-9-10-16(19-12-15)22(5-2)6-3;/h9-10,12,14H,4-8,11,13H2,1-3H3,(H2,18,20,21);1H. The van der Waals surface area contributed by atoms with Gasteiger partial charge in [0.25, 0.3) is 0 Å². The van der Waals surface area contributed by atoms with Gasteiger partial charge in [-0.05, 0) is 51.2 Å². The van der Waals surface area contributed by atoms with Crippen molar-refractivity contribution in [2.24, 2.45) is 10.9 Å². The van der Waals surface area contributed by atoms with Gasteiger partial charge in [0.1, 0.15) is 5.82 Å². The number of aliphatic imine (C=N–C) groups is 1. The van der Waals surface area contributed by atoms with E-state index in [0.29, 0.717) is 6.54 Å². The fraction of sp³-hybridized carbons (Fsp3) is 0.647. The average Bonchev–Trinajstić information content (AvgIpc) is 3.37. The summed E-state index contributed by atoms with van der Waals surface area (Å²) in [7, 11) is 0. The van der Waals surface area contributed by atoms with Gasteiger partial charge in [-0.15, -0.1) is 24.0 Å². The summed E-state index contributed by atoms with van der Waals surface area (Å²) in [4.78, 5) is 11.4. The molecular formula is C17H30IN5.